The summed E-state index contributed by atoms with van der Waals surface area (Å²) in [5.41, 5.74) is 2.91. The Kier molecular flexibility index (Phi) is 11.6. The standard InChI is InChI=1S/C37H39Cl2N3O4S/c1-27-12-20-33(21-13-27)42(47(45,46)34-22-18-31(39)19-23-34)26-36(43)41(25-29-14-16-30(38)17-15-29)35(24-28-8-4-2-5-9-28)37(44)40-32-10-6-3-7-11-32/h2,4-5,8-9,12-23,32,35H,3,6-7,10-11,24-26H2,1H3,(H,40,44). The van der Waals surface area contributed by atoms with Crippen LogP contribution in [0.2, 0.25) is 10.0 Å². The molecule has 47 heavy (non-hydrogen) atoms. The number of rotatable bonds is 12. The van der Waals surface area contributed by atoms with Gasteiger partial charge in [-0.2, -0.15) is 0 Å². The van der Waals surface area contributed by atoms with E-state index in [2.05, 4.69) is 5.32 Å². The maximum Gasteiger partial charge on any atom is 0.264 e. The molecule has 0 aliphatic heterocycles. The Morgan fingerprint density at radius 2 is 1.38 bits per heavy atom. The first-order valence-electron chi connectivity index (χ1n) is 15.8. The third-order valence-corrected chi connectivity index (χ3v) is 10.8. The predicted molar refractivity (Wildman–Crippen MR) is 188 cm³/mol. The van der Waals surface area contributed by atoms with Gasteiger partial charge in [0.05, 0.1) is 10.6 Å². The minimum absolute atomic E-state index is 0.00426. The molecule has 5 rings (SSSR count). The first kappa shape index (κ1) is 34.5. The Morgan fingerprint density at radius 3 is 2.00 bits per heavy atom. The van der Waals surface area contributed by atoms with E-state index in [1.165, 1.54) is 29.2 Å². The van der Waals surface area contributed by atoms with Gasteiger partial charge in [0.25, 0.3) is 10.0 Å². The summed E-state index contributed by atoms with van der Waals surface area (Å²) in [4.78, 5) is 30.3. The molecule has 1 unspecified atom stereocenters. The molecule has 0 saturated heterocycles. The van der Waals surface area contributed by atoms with Crippen LogP contribution in [-0.4, -0.2) is 43.8 Å². The zero-order chi connectivity index (χ0) is 33.4. The van der Waals surface area contributed by atoms with Gasteiger partial charge in [0, 0.05) is 29.1 Å². The monoisotopic (exact) mass is 691 g/mol. The average molecular weight is 693 g/mol. The zero-order valence-electron chi connectivity index (χ0n) is 26.3. The summed E-state index contributed by atoms with van der Waals surface area (Å²) < 4.78 is 29.4. The molecule has 1 aliphatic rings. The number of nitrogens with one attached hydrogen (secondary N) is 1. The molecule has 0 spiro atoms. The molecule has 246 valence electrons. The van der Waals surface area contributed by atoms with Crippen LogP contribution in [0.25, 0.3) is 0 Å². The van der Waals surface area contributed by atoms with Gasteiger partial charge in [0.15, 0.2) is 0 Å². The van der Waals surface area contributed by atoms with Crippen molar-refractivity contribution in [1.82, 2.24) is 10.2 Å². The molecule has 1 atom stereocenters. The summed E-state index contributed by atoms with van der Waals surface area (Å²) in [6, 6.07) is 28.6. The molecule has 4 aromatic carbocycles. The van der Waals surface area contributed by atoms with Crippen LogP contribution in [0.5, 0.6) is 0 Å². The second-order valence-electron chi connectivity index (χ2n) is 12.0. The van der Waals surface area contributed by atoms with Crippen LogP contribution in [0.4, 0.5) is 5.69 Å². The number of carbonyl (C=O) groups is 2. The number of hydrogen-bond donors (Lipinski definition) is 1. The molecule has 0 aromatic heterocycles. The largest absolute Gasteiger partial charge is 0.352 e. The van der Waals surface area contributed by atoms with E-state index in [4.69, 9.17) is 23.2 Å². The van der Waals surface area contributed by atoms with Gasteiger partial charge in [-0.25, -0.2) is 8.42 Å². The van der Waals surface area contributed by atoms with Crippen LogP contribution in [0.1, 0.15) is 48.8 Å². The lowest BCUT2D eigenvalue weighted by atomic mass is 9.94. The highest BCUT2D eigenvalue weighted by atomic mass is 35.5. The van der Waals surface area contributed by atoms with Crippen LogP contribution in [0.15, 0.2) is 108 Å². The molecule has 1 saturated carbocycles. The van der Waals surface area contributed by atoms with Crippen molar-refractivity contribution in [2.75, 3.05) is 10.8 Å². The summed E-state index contributed by atoms with van der Waals surface area (Å²) >= 11 is 12.3. The fraction of sp³-hybridized carbons (Fsp3) is 0.297. The van der Waals surface area contributed by atoms with Gasteiger partial charge >= 0.3 is 0 Å². The van der Waals surface area contributed by atoms with Gasteiger partial charge in [-0.3, -0.25) is 13.9 Å². The Hall–Kier alpha value is -3.85. The second-order valence-corrected chi connectivity index (χ2v) is 14.7. The highest BCUT2D eigenvalue weighted by Gasteiger charge is 2.35. The lowest BCUT2D eigenvalue weighted by Gasteiger charge is -2.35. The fourth-order valence-electron chi connectivity index (χ4n) is 5.86. The van der Waals surface area contributed by atoms with Crippen molar-refractivity contribution in [3.8, 4) is 0 Å². The topological polar surface area (TPSA) is 86.8 Å². The quantitative estimate of drug-likeness (QED) is 0.166. The van der Waals surface area contributed by atoms with Crippen molar-refractivity contribution in [2.24, 2.45) is 0 Å². The molecule has 0 heterocycles. The van der Waals surface area contributed by atoms with Crippen LogP contribution >= 0.6 is 23.2 Å². The lowest BCUT2D eigenvalue weighted by molar-refractivity contribution is -0.140. The molecular weight excluding hydrogens is 653 g/mol. The van der Waals surface area contributed by atoms with Crippen molar-refractivity contribution >= 4 is 50.7 Å². The van der Waals surface area contributed by atoms with Crippen LogP contribution in [0.3, 0.4) is 0 Å². The van der Waals surface area contributed by atoms with Gasteiger partial charge in [0.2, 0.25) is 11.8 Å². The van der Waals surface area contributed by atoms with E-state index in [-0.39, 0.29) is 29.8 Å². The van der Waals surface area contributed by atoms with Crippen molar-refractivity contribution in [3.63, 3.8) is 0 Å². The number of hydrogen-bond acceptors (Lipinski definition) is 4. The van der Waals surface area contributed by atoms with E-state index < -0.39 is 28.5 Å². The third-order valence-electron chi connectivity index (χ3n) is 8.49. The molecule has 7 nitrogen and oxygen atoms in total. The number of anilines is 1. The first-order chi connectivity index (χ1) is 22.6. The summed E-state index contributed by atoms with van der Waals surface area (Å²) in [7, 11) is -4.21. The smallest absolute Gasteiger partial charge is 0.264 e. The van der Waals surface area contributed by atoms with Crippen LogP contribution < -0.4 is 9.62 Å². The van der Waals surface area contributed by atoms with E-state index in [0.717, 1.165) is 53.1 Å². The summed E-state index contributed by atoms with van der Waals surface area (Å²) in [5, 5.41) is 4.16. The normalized spacial score (nSPS) is 14.3. The van der Waals surface area contributed by atoms with Crippen LogP contribution in [0, 0.1) is 6.92 Å². The van der Waals surface area contributed by atoms with E-state index in [1.807, 2.05) is 49.4 Å². The van der Waals surface area contributed by atoms with Crippen molar-refractivity contribution in [3.05, 3.63) is 130 Å². The molecule has 4 aromatic rings. The Bertz CT molecular complexity index is 1740. The van der Waals surface area contributed by atoms with Gasteiger partial charge in [0.1, 0.15) is 12.6 Å². The van der Waals surface area contributed by atoms with E-state index in [9.17, 15) is 18.0 Å². The number of sulfonamides is 1. The van der Waals surface area contributed by atoms with Gasteiger partial charge < -0.3 is 10.2 Å². The highest BCUT2D eigenvalue weighted by Crippen LogP contribution is 2.27. The van der Waals surface area contributed by atoms with Crippen LogP contribution in [-0.2, 0) is 32.6 Å². The Morgan fingerprint density at radius 1 is 0.787 bits per heavy atom. The molecule has 1 aliphatic carbocycles. The maximum atomic E-state index is 14.6. The number of amides is 2. The second kappa shape index (κ2) is 15.8. The van der Waals surface area contributed by atoms with E-state index in [1.54, 1.807) is 36.4 Å². The minimum Gasteiger partial charge on any atom is -0.352 e. The summed E-state index contributed by atoms with van der Waals surface area (Å²) in [6.45, 7) is 1.46. The molecule has 1 N–H and O–H groups in total. The molecule has 10 heteroatoms. The molecule has 0 bridgehead atoms. The van der Waals surface area contributed by atoms with Gasteiger partial charge in [-0.15, -0.1) is 0 Å². The molecule has 2 amide bonds. The average Bonchev–Trinajstić information content (AvgIpc) is 3.07. The number of aryl methyl sites for hydroxylation is 1. The van der Waals surface area contributed by atoms with E-state index >= 15 is 0 Å². The Balaban J connectivity index is 1.55. The zero-order valence-corrected chi connectivity index (χ0v) is 28.6. The number of halogens is 2. The first-order valence-corrected chi connectivity index (χ1v) is 18.0. The number of benzene rings is 4. The highest BCUT2D eigenvalue weighted by molar-refractivity contribution is 7.92. The number of carbonyl (C=O) groups excluding carboxylic acids is 2. The summed E-state index contributed by atoms with van der Waals surface area (Å²) in [6.07, 6.45) is 5.24. The van der Waals surface area contributed by atoms with Crippen molar-refractivity contribution in [2.45, 2.75) is 69.0 Å². The Labute approximate surface area is 287 Å². The van der Waals surface area contributed by atoms with Crippen molar-refractivity contribution in [1.29, 1.82) is 0 Å². The minimum atomic E-state index is -4.21. The molecule has 1 fully saturated rings. The SMILES string of the molecule is Cc1ccc(N(CC(=O)N(Cc2ccc(Cl)cc2)C(Cc2ccccc2)C(=O)NC2CCCCC2)S(=O)(=O)c2ccc(Cl)cc2)cc1. The van der Waals surface area contributed by atoms with Gasteiger partial charge in [-0.1, -0.05) is 103 Å². The molecule has 0 radical (unpaired) electrons. The van der Waals surface area contributed by atoms with Crippen molar-refractivity contribution < 1.29 is 18.0 Å². The predicted octanol–water partition coefficient (Wildman–Crippen LogP) is 7.59. The summed E-state index contributed by atoms with van der Waals surface area (Å²) in [5.74, 6) is -0.775. The van der Waals surface area contributed by atoms with E-state index in [0.29, 0.717) is 15.7 Å². The number of nitrogens with zero attached hydrogens (tertiary/aromatic N) is 2. The maximum absolute atomic E-state index is 14.6. The lowest BCUT2D eigenvalue weighted by Crippen LogP contribution is -2.55. The third kappa shape index (κ3) is 9.15. The molecular formula is C37H39Cl2N3O4S. The fourth-order valence-corrected chi connectivity index (χ4v) is 7.52. The van der Waals surface area contributed by atoms with Gasteiger partial charge in [-0.05, 0) is 79.4 Å².